The Morgan fingerprint density at radius 3 is 2.70 bits per heavy atom. The second-order valence-corrected chi connectivity index (χ2v) is 8.19. The number of carbonyl (C=O) groups is 1. The molecule has 0 spiro atoms. The van der Waals surface area contributed by atoms with Crippen molar-refractivity contribution in [2.24, 2.45) is 0 Å². The third-order valence-corrected chi connectivity index (χ3v) is 6.37. The van der Waals surface area contributed by atoms with Crippen LogP contribution in [-0.2, 0) is 11.2 Å². The van der Waals surface area contributed by atoms with Crippen molar-refractivity contribution in [2.75, 3.05) is 13.2 Å². The van der Waals surface area contributed by atoms with Gasteiger partial charge in [-0.2, -0.15) is 0 Å². The minimum atomic E-state index is -0.104. The number of aromatic amines is 1. The molecule has 1 N–H and O–H groups in total. The van der Waals surface area contributed by atoms with E-state index in [0.29, 0.717) is 6.61 Å². The molecule has 0 radical (unpaired) electrons. The summed E-state index contributed by atoms with van der Waals surface area (Å²) < 4.78 is 5.64. The third kappa shape index (κ3) is 3.30. The van der Waals surface area contributed by atoms with E-state index in [4.69, 9.17) is 4.74 Å². The molecule has 1 unspecified atom stereocenters. The number of rotatable bonds is 4. The molecule has 1 aromatic heterocycles. The number of nitrogens with zero attached hydrogens (tertiary/aromatic N) is 1. The monoisotopic (exact) mass is 400 g/mol. The highest BCUT2D eigenvalue weighted by atomic mass is 16.5. The zero-order chi connectivity index (χ0) is 20.5. The first-order chi connectivity index (χ1) is 14.8. The van der Waals surface area contributed by atoms with Crippen molar-refractivity contribution in [3.8, 4) is 5.75 Å². The molecular weight excluding hydrogens is 372 g/mol. The third-order valence-electron chi connectivity index (χ3n) is 6.37. The SMILES string of the molecule is CCOc1ccc(C2c3[nH]c4ccccc4c3CCN2C(=O)C2=CCCCC2)cc1. The molecule has 4 heteroatoms. The van der Waals surface area contributed by atoms with Crippen molar-refractivity contribution in [2.45, 2.75) is 45.1 Å². The smallest absolute Gasteiger partial charge is 0.250 e. The molecule has 1 atom stereocenters. The number of allylic oxidation sites excluding steroid dienone is 1. The zero-order valence-electron chi connectivity index (χ0n) is 17.5. The number of hydrogen-bond acceptors (Lipinski definition) is 2. The van der Waals surface area contributed by atoms with Crippen LogP contribution < -0.4 is 4.74 Å². The average Bonchev–Trinajstić information content (AvgIpc) is 3.18. The Balaban J connectivity index is 1.60. The summed E-state index contributed by atoms with van der Waals surface area (Å²) in [6.45, 7) is 3.38. The number of hydrogen-bond donors (Lipinski definition) is 1. The predicted octanol–water partition coefficient (Wildman–Crippen LogP) is 5.54. The fraction of sp³-hybridized carbons (Fsp3) is 0.346. The summed E-state index contributed by atoms with van der Waals surface area (Å²) in [5.74, 6) is 1.06. The van der Waals surface area contributed by atoms with Gasteiger partial charge in [0, 0.05) is 28.7 Å². The highest BCUT2D eigenvalue weighted by Gasteiger charge is 2.35. The van der Waals surface area contributed by atoms with Gasteiger partial charge in [0.25, 0.3) is 0 Å². The Morgan fingerprint density at radius 2 is 1.93 bits per heavy atom. The van der Waals surface area contributed by atoms with Gasteiger partial charge < -0.3 is 14.6 Å². The molecule has 1 aliphatic heterocycles. The molecule has 2 heterocycles. The molecule has 0 bridgehead atoms. The Kier molecular flexibility index (Phi) is 5.07. The van der Waals surface area contributed by atoms with Crippen LogP contribution in [0.4, 0.5) is 0 Å². The van der Waals surface area contributed by atoms with E-state index >= 15 is 0 Å². The quantitative estimate of drug-likeness (QED) is 0.625. The first kappa shape index (κ1) is 19.0. The van der Waals surface area contributed by atoms with Gasteiger partial charge in [0.1, 0.15) is 5.75 Å². The van der Waals surface area contributed by atoms with Gasteiger partial charge in [-0.25, -0.2) is 0 Å². The fourth-order valence-electron chi connectivity index (χ4n) is 4.94. The van der Waals surface area contributed by atoms with E-state index in [2.05, 4.69) is 52.4 Å². The molecule has 5 rings (SSSR count). The van der Waals surface area contributed by atoms with Crippen LogP contribution in [0.3, 0.4) is 0 Å². The zero-order valence-corrected chi connectivity index (χ0v) is 17.5. The summed E-state index contributed by atoms with van der Waals surface area (Å²) in [6, 6.07) is 16.6. The van der Waals surface area contributed by atoms with Gasteiger partial charge in [0.2, 0.25) is 5.91 Å². The van der Waals surface area contributed by atoms with Crippen LogP contribution in [0.15, 0.2) is 60.2 Å². The largest absolute Gasteiger partial charge is 0.494 e. The molecule has 154 valence electrons. The second-order valence-electron chi connectivity index (χ2n) is 8.19. The molecular formula is C26H28N2O2. The molecule has 2 aliphatic rings. The highest BCUT2D eigenvalue weighted by molar-refractivity contribution is 5.95. The van der Waals surface area contributed by atoms with Gasteiger partial charge in [0.05, 0.1) is 12.6 Å². The van der Waals surface area contributed by atoms with Crippen molar-refractivity contribution in [1.29, 1.82) is 0 Å². The average molecular weight is 401 g/mol. The van der Waals surface area contributed by atoms with Crippen LogP contribution in [0.5, 0.6) is 5.75 Å². The molecule has 3 aromatic rings. The first-order valence-corrected chi connectivity index (χ1v) is 11.1. The first-order valence-electron chi connectivity index (χ1n) is 11.1. The van der Waals surface area contributed by atoms with Gasteiger partial charge in [-0.15, -0.1) is 0 Å². The van der Waals surface area contributed by atoms with E-state index in [1.807, 2.05) is 19.1 Å². The van der Waals surface area contributed by atoms with Crippen molar-refractivity contribution in [3.63, 3.8) is 0 Å². The van der Waals surface area contributed by atoms with E-state index in [0.717, 1.165) is 60.3 Å². The lowest BCUT2D eigenvalue weighted by Crippen LogP contribution is -2.41. The topological polar surface area (TPSA) is 45.3 Å². The maximum atomic E-state index is 13.6. The van der Waals surface area contributed by atoms with Crippen LogP contribution in [0.2, 0.25) is 0 Å². The minimum Gasteiger partial charge on any atom is -0.494 e. The number of H-pyrrole nitrogens is 1. The van der Waals surface area contributed by atoms with Crippen LogP contribution >= 0.6 is 0 Å². The van der Waals surface area contributed by atoms with Crippen molar-refractivity contribution in [1.82, 2.24) is 9.88 Å². The Labute approximate surface area is 177 Å². The molecule has 30 heavy (non-hydrogen) atoms. The molecule has 0 fully saturated rings. The minimum absolute atomic E-state index is 0.104. The number of ether oxygens (including phenoxy) is 1. The summed E-state index contributed by atoms with van der Waals surface area (Å²) in [7, 11) is 0. The van der Waals surface area contributed by atoms with Crippen LogP contribution in [0.25, 0.3) is 10.9 Å². The van der Waals surface area contributed by atoms with Crippen LogP contribution in [-0.4, -0.2) is 28.9 Å². The predicted molar refractivity (Wildman–Crippen MR) is 120 cm³/mol. The summed E-state index contributed by atoms with van der Waals surface area (Å²) >= 11 is 0. The van der Waals surface area contributed by atoms with Gasteiger partial charge in [0.15, 0.2) is 0 Å². The number of aromatic nitrogens is 1. The number of fused-ring (bicyclic) bond motifs is 3. The van der Waals surface area contributed by atoms with Crippen molar-refractivity contribution < 1.29 is 9.53 Å². The summed E-state index contributed by atoms with van der Waals surface area (Å²) in [6.07, 6.45) is 7.24. The summed E-state index contributed by atoms with van der Waals surface area (Å²) in [5, 5.41) is 1.27. The van der Waals surface area contributed by atoms with Crippen LogP contribution in [0.1, 0.15) is 55.5 Å². The fourth-order valence-corrected chi connectivity index (χ4v) is 4.94. The Hall–Kier alpha value is -3.01. The molecule has 4 nitrogen and oxygen atoms in total. The molecule has 2 aromatic carbocycles. The normalized spacial score (nSPS) is 18.8. The lowest BCUT2D eigenvalue weighted by atomic mass is 9.90. The number of benzene rings is 2. The molecule has 0 saturated heterocycles. The molecule has 1 amide bonds. The van der Waals surface area contributed by atoms with Crippen LogP contribution in [0, 0.1) is 0 Å². The highest BCUT2D eigenvalue weighted by Crippen LogP contribution is 2.40. The van der Waals surface area contributed by atoms with E-state index in [1.54, 1.807) is 0 Å². The number of nitrogens with one attached hydrogen (secondary N) is 1. The number of amides is 1. The molecule has 1 aliphatic carbocycles. The van der Waals surface area contributed by atoms with Gasteiger partial charge in [-0.1, -0.05) is 36.4 Å². The number of carbonyl (C=O) groups excluding carboxylic acids is 1. The van der Waals surface area contributed by atoms with Crippen molar-refractivity contribution in [3.05, 3.63) is 77.0 Å². The van der Waals surface area contributed by atoms with Gasteiger partial charge in [-0.3, -0.25) is 4.79 Å². The lowest BCUT2D eigenvalue weighted by molar-refractivity contribution is -0.129. The lowest BCUT2D eigenvalue weighted by Gasteiger charge is -2.37. The van der Waals surface area contributed by atoms with Gasteiger partial charge >= 0.3 is 0 Å². The van der Waals surface area contributed by atoms with E-state index < -0.39 is 0 Å². The molecule has 0 saturated carbocycles. The maximum absolute atomic E-state index is 13.6. The van der Waals surface area contributed by atoms with Crippen molar-refractivity contribution >= 4 is 16.8 Å². The Bertz CT molecular complexity index is 1090. The summed E-state index contributed by atoms with van der Waals surface area (Å²) in [5.41, 5.74) is 5.74. The van der Waals surface area contributed by atoms with E-state index in [9.17, 15) is 4.79 Å². The van der Waals surface area contributed by atoms with E-state index in [1.165, 1.54) is 17.4 Å². The Morgan fingerprint density at radius 1 is 1.10 bits per heavy atom. The van der Waals surface area contributed by atoms with E-state index in [-0.39, 0.29) is 11.9 Å². The maximum Gasteiger partial charge on any atom is 0.250 e. The summed E-state index contributed by atoms with van der Waals surface area (Å²) in [4.78, 5) is 19.3. The standard InChI is InChI=1S/C26H28N2O2/c1-2-30-20-14-12-18(13-15-20)25-24-22(21-10-6-7-11-23(21)27-24)16-17-28(25)26(29)19-8-4-3-5-9-19/h6-8,10-15,25,27H,2-5,9,16-17H2,1H3. The van der Waals surface area contributed by atoms with Gasteiger partial charge in [-0.05, 0) is 68.4 Å². The number of para-hydroxylation sites is 1. The second kappa shape index (κ2) is 8.02.